The van der Waals surface area contributed by atoms with Crippen molar-refractivity contribution in [3.63, 3.8) is 0 Å². The number of aryl methyl sites for hydroxylation is 1. The maximum atomic E-state index is 12.4. The highest BCUT2D eigenvalue weighted by Crippen LogP contribution is 2.22. The van der Waals surface area contributed by atoms with Crippen LogP contribution in [-0.2, 0) is 11.2 Å². The van der Waals surface area contributed by atoms with Gasteiger partial charge in [-0.1, -0.05) is 50.2 Å². The molecule has 2 aromatic carbocycles. The van der Waals surface area contributed by atoms with Gasteiger partial charge in [-0.2, -0.15) is 4.98 Å². The summed E-state index contributed by atoms with van der Waals surface area (Å²) in [7, 11) is 0. The summed E-state index contributed by atoms with van der Waals surface area (Å²) in [4.78, 5) is 21.7. The van der Waals surface area contributed by atoms with Crippen LogP contribution in [0.15, 0.2) is 53.1 Å². The molecule has 3 aromatic rings. The highest BCUT2D eigenvalue weighted by atomic mass is 16.5. The number of nitrogens with zero attached hydrogens (tertiary/aromatic N) is 4. The second kappa shape index (κ2) is 10.6. The maximum absolute atomic E-state index is 12.4. The molecule has 0 spiro atoms. The average molecular weight is 448 g/mol. The van der Waals surface area contributed by atoms with Gasteiger partial charge in [-0.05, 0) is 42.3 Å². The van der Waals surface area contributed by atoms with E-state index < -0.39 is 0 Å². The summed E-state index contributed by atoms with van der Waals surface area (Å²) in [6.45, 7) is 11.9. The molecular formula is C26H33N5O2. The fraction of sp³-hybridized carbons (Fsp3) is 0.423. The van der Waals surface area contributed by atoms with Crippen LogP contribution in [0.2, 0.25) is 0 Å². The third-order valence-corrected chi connectivity index (χ3v) is 6.21. The first kappa shape index (κ1) is 23.0. The molecule has 33 heavy (non-hydrogen) atoms. The third kappa shape index (κ3) is 5.99. The van der Waals surface area contributed by atoms with Gasteiger partial charge in [0.05, 0.1) is 0 Å². The minimum Gasteiger partial charge on any atom is -0.369 e. The quantitative estimate of drug-likeness (QED) is 0.545. The number of hydrogen-bond acceptors (Lipinski definition) is 6. The van der Waals surface area contributed by atoms with Crippen LogP contribution in [0.5, 0.6) is 0 Å². The molecule has 1 aliphatic heterocycles. The Bertz CT molecular complexity index is 1040. The van der Waals surface area contributed by atoms with Gasteiger partial charge in [0.2, 0.25) is 17.6 Å². The highest BCUT2D eigenvalue weighted by Gasteiger charge is 2.16. The van der Waals surface area contributed by atoms with Gasteiger partial charge in [0.15, 0.2) is 0 Å². The molecule has 2 heterocycles. The lowest BCUT2D eigenvalue weighted by molar-refractivity contribution is -0.116. The van der Waals surface area contributed by atoms with Crippen LogP contribution in [0.3, 0.4) is 0 Å². The van der Waals surface area contributed by atoms with Crippen molar-refractivity contribution in [1.29, 1.82) is 0 Å². The molecule has 1 aliphatic rings. The van der Waals surface area contributed by atoms with Crippen molar-refractivity contribution in [2.75, 3.05) is 42.9 Å². The number of aromatic nitrogens is 2. The lowest BCUT2D eigenvalue weighted by Gasteiger charge is -2.35. The van der Waals surface area contributed by atoms with Crippen molar-refractivity contribution in [2.24, 2.45) is 0 Å². The summed E-state index contributed by atoms with van der Waals surface area (Å²) >= 11 is 0. The molecule has 1 N–H and O–H groups in total. The second-order valence-corrected chi connectivity index (χ2v) is 8.80. The molecule has 0 saturated carbocycles. The Balaban J connectivity index is 1.26. The topological polar surface area (TPSA) is 74.5 Å². The summed E-state index contributed by atoms with van der Waals surface area (Å²) < 4.78 is 5.35. The summed E-state index contributed by atoms with van der Waals surface area (Å²) in [6, 6.07) is 16.3. The summed E-state index contributed by atoms with van der Waals surface area (Å²) in [6.07, 6.45) is 0.692. The van der Waals surface area contributed by atoms with Crippen LogP contribution >= 0.6 is 0 Å². The van der Waals surface area contributed by atoms with Crippen LogP contribution < -0.4 is 10.2 Å². The van der Waals surface area contributed by atoms with Crippen molar-refractivity contribution in [3.8, 4) is 11.4 Å². The number of hydrogen-bond donors (Lipinski definition) is 1. The van der Waals surface area contributed by atoms with E-state index in [0.29, 0.717) is 24.1 Å². The zero-order valence-electron chi connectivity index (χ0n) is 19.8. The summed E-state index contributed by atoms with van der Waals surface area (Å²) in [5, 5.41) is 7.02. The smallest absolute Gasteiger partial charge is 0.227 e. The fourth-order valence-corrected chi connectivity index (χ4v) is 4.01. The highest BCUT2D eigenvalue weighted by molar-refractivity contribution is 5.91. The van der Waals surface area contributed by atoms with Gasteiger partial charge in [-0.3, -0.25) is 4.79 Å². The normalized spacial score (nSPS) is 14.6. The largest absolute Gasteiger partial charge is 0.369 e. The van der Waals surface area contributed by atoms with E-state index in [9.17, 15) is 4.79 Å². The molecule has 1 saturated heterocycles. The Morgan fingerprint density at radius 2 is 1.73 bits per heavy atom. The van der Waals surface area contributed by atoms with Crippen molar-refractivity contribution in [3.05, 3.63) is 60.0 Å². The number of piperazine rings is 1. The van der Waals surface area contributed by atoms with Crippen LogP contribution in [0.1, 0.15) is 44.6 Å². The van der Waals surface area contributed by atoms with Gasteiger partial charge in [-0.25, -0.2) is 0 Å². The van der Waals surface area contributed by atoms with E-state index in [4.69, 9.17) is 4.52 Å². The molecule has 1 aromatic heterocycles. The molecule has 0 radical (unpaired) electrons. The molecule has 174 valence electrons. The molecule has 0 aliphatic carbocycles. The number of benzene rings is 2. The van der Waals surface area contributed by atoms with E-state index in [2.05, 4.69) is 70.3 Å². The summed E-state index contributed by atoms with van der Waals surface area (Å²) in [5.41, 5.74) is 4.18. The van der Waals surface area contributed by atoms with Crippen LogP contribution in [0.25, 0.3) is 11.4 Å². The number of carbonyl (C=O) groups excluding carboxylic acids is 1. The first-order valence-electron chi connectivity index (χ1n) is 11.8. The lowest BCUT2D eigenvalue weighted by Crippen LogP contribution is -2.46. The van der Waals surface area contributed by atoms with Crippen LogP contribution in [0, 0.1) is 0 Å². The number of amides is 1. The van der Waals surface area contributed by atoms with Crippen molar-refractivity contribution in [1.82, 2.24) is 15.0 Å². The molecule has 0 bridgehead atoms. The standard InChI is InChI=1S/C26H33N5O2/c1-4-30-15-17-31(18-16-30)23-11-9-22(10-12-23)27-24(32)13-14-25-28-26(29-33-25)21-7-5-20(6-8-21)19(2)3/h5-12,19H,4,13-18H2,1-3H3,(H,27,32). The minimum atomic E-state index is -0.0691. The van der Waals surface area contributed by atoms with Crippen molar-refractivity contribution < 1.29 is 9.32 Å². The first-order chi connectivity index (χ1) is 16.0. The fourth-order valence-electron chi connectivity index (χ4n) is 4.01. The Kier molecular flexibility index (Phi) is 7.40. The average Bonchev–Trinajstić information content (AvgIpc) is 3.32. The van der Waals surface area contributed by atoms with Gasteiger partial charge >= 0.3 is 0 Å². The van der Waals surface area contributed by atoms with E-state index in [-0.39, 0.29) is 12.3 Å². The molecular weight excluding hydrogens is 414 g/mol. The van der Waals surface area contributed by atoms with Gasteiger partial charge in [0.25, 0.3) is 0 Å². The van der Waals surface area contributed by atoms with E-state index in [1.54, 1.807) is 0 Å². The second-order valence-electron chi connectivity index (χ2n) is 8.80. The van der Waals surface area contributed by atoms with Gasteiger partial charge in [-0.15, -0.1) is 0 Å². The van der Waals surface area contributed by atoms with E-state index in [0.717, 1.165) is 44.0 Å². The number of rotatable bonds is 8. The first-order valence-corrected chi connectivity index (χ1v) is 11.8. The zero-order chi connectivity index (χ0) is 23.2. The van der Waals surface area contributed by atoms with Crippen LogP contribution in [-0.4, -0.2) is 53.7 Å². The lowest BCUT2D eigenvalue weighted by atomic mass is 10.0. The zero-order valence-corrected chi connectivity index (χ0v) is 19.8. The number of nitrogens with one attached hydrogen (secondary N) is 1. The van der Waals surface area contributed by atoms with Gasteiger partial charge in [0, 0.05) is 56.0 Å². The SMILES string of the molecule is CCN1CCN(c2ccc(NC(=O)CCc3nc(-c4ccc(C(C)C)cc4)no3)cc2)CC1. The third-order valence-electron chi connectivity index (χ3n) is 6.21. The predicted octanol–water partition coefficient (Wildman–Crippen LogP) is 4.57. The Morgan fingerprint density at radius 1 is 1.03 bits per heavy atom. The van der Waals surface area contributed by atoms with E-state index >= 15 is 0 Å². The monoisotopic (exact) mass is 447 g/mol. The van der Waals surface area contributed by atoms with E-state index in [1.807, 2.05) is 24.3 Å². The molecule has 7 heteroatoms. The van der Waals surface area contributed by atoms with Gasteiger partial charge < -0.3 is 19.6 Å². The van der Waals surface area contributed by atoms with E-state index in [1.165, 1.54) is 11.3 Å². The van der Waals surface area contributed by atoms with Crippen LogP contribution in [0.4, 0.5) is 11.4 Å². The molecule has 0 atom stereocenters. The van der Waals surface area contributed by atoms with Crippen molar-refractivity contribution in [2.45, 2.75) is 39.5 Å². The minimum absolute atomic E-state index is 0.0691. The predicted molar refractivity (Wildman–Crippen MR) is 132 cm³/mol. The van der Waals surface area contributed by atoms with Gasteiger partial charge in [0.1, 0.15) is 0 Å². The van der Waals surface area contributed by atoms with Crippen molar-refractivity contribution >= 4 is 17.3 Å². The number of likely N-dealkylation sites (N-methyl/N-ethyl adjacent to an activating group) is 1. The molecule has 1 amide bonds. The number of anilines is 2. The maximum Gasteiger partial charge on any atom is 0.227 e. The number of carbonyl (C=O) groups is 1. The Hall–Kier alpha value is -3.19. The molecule has 0 unspecified atom stereocenters. The Labute approximate surface area is 195 Å². The Morgan fingerprint density at radius 3 is 2.36 bits per heavy atom. The summed E-state index contributed by atoms with van der Waals surface area (Å²) in [5.74, 6) is 1.43. The molecule has 7 nitrogen and oxygen atoms in total. The molecule has 1 fully saturated rings. The molecule has 4 rings (SSSR count).